The number of nitrogens with one attached hydrogen (secondary N) is 1. The maximum Gasteiger partial charge on any atom is 0.123 e. The Balaban J connectivity index is 2.33. The van der Waals surface area contributed by atoms with Crippen LogP contribution in [-0.2, 0) is 0 Å². The summed E-state index contributed by atoms with van der Waals surface area (Å²) < 4.78 is 13.2. The van der Waals surface area contributed by atoms with Crippen molar-refractivity contribution in [2.75, 3.05) is 6.54 Å². The van der Waals surface area contributed by atoms with Gasteiger partial charge >= 0.3 is 0 Å². The first kappa shape index (κ1) is 13.2. The van der Waals surface area contributed by atoms with E-state index in [1.54, 1.807) is 17.4 Å². The van der Waals surface area contributed by atoms with E-state index in [4.69, 9.17) is 0 Å². The van der Waals surface area contributed by atoms with E-state index in [0.717, 1.165) is 24.1 Å². The summed E-state index contributed by atoms with van der Waals surface area (Å²) in [4.78, 5) is 1.28. The number of thiophene rings is 1. The van der Waals surface area contributed by atoms with Gasteiger partial charge in [0.2, 0.25) is 0 Å². The predicted molar refractivity (Wildman–Crippen MR) is 75.6 cm³/mol. The first-order valence-corrected chi connectivity index (χ1v) is 7.13. The molecule has 2 rings (SSSR count). The predicted octanol–water partition coefficient (Wildman–Crippen LogP) is 4.28. The highest BCUT2D eigenvalue weighted by Crippen LogP contribution is 2.28. The molecule has 1 aromatic heterocycles. The van der Waals surface area contributed by atoms with Crippen LogP contribution in [0.1, 0.15) is 35.4 Å². The third-order valence-corrected chi connectivity index (χ3v) is 3.91. The smallest absolute Gasteiger partial charge is 0.123 e. The zero-order valence-corrected chi connectivity index (χ0v) is 11.6. The van der Waals surface area contributed by atoms with Gasteiger partial charge in [-0.3, -0.25) is 0 Å². The fourth-order valence-corrected chi connectivity index (χ4v) is 2.89. The van der Waals surface area contributed by atoms with Gasteiger partial charge in [-0.05, 0) is 54.6 Å². The molecule has 2 aromatic rings. The molecule has 1 N–H and O–H groups in total. The number of benzene rings is 1. The average Bonchev–Trinajstić information content (AvgIpc) is 2.85. The van der Waals surface area contributed by atoms with Crippen molar-refractivity contribution in [3.63, 3.8) is 0 Å². The van der Waals surface area contributed by atoms with E-state index in [1.165, 1.54) is 10.9 Å². The molecule has 0 aliphatic rings. The normalized spacial score (nSPS) is 12.6. The SMILES string of the molecule is CCCNC(c1cccs1)c1ccc(F)cc1C. The second-order valence-electron chi connectivity index (χ2n) is 4.40. The molecule has 3 heteroatoms. The molecule has 1 heterocycles. The number of hydrogen-bond acceptors (Lipinski definition) is 2. The molecule has 0 fully saturated rings. The molecule has 0 aliphatic carbocycles. The fourth-order valence-electron chi connectivity index (χ4n) is 2.07. The van der Waals surface area contributed by atoms with Crippen LogP contribution in [-0.4, -0.2) is 6.54 Å². The lowest BCUT2D eigenvalue weighted by atomic mass is 9.99. The van der Waals surface area contributed by atoms with Crippen molar-refractivity contribution < 1.29 is 4.39 Å². The molecule has 0 bridgehead atoms. The molecule has 96 valence electrons. The zero-order chi connectivity index (χ0) is 13.0. The highest BCUT2D eigenvalue weighted by Gasteiger charge is 2.16. The summed E-state index contributed by atoms with van der Waals surface area (Å²) in [7, 11) is 0. The third-order valence-electron chi connectivity index (χ3n) is 2.97. The van der Waals surface area contributed by atoms with Crippen LogP contribution in [0, 0.1) is 12.7 Å². The maximum absolute atomic E-state index is 13.2. The Morgan fingerprint density at radius 2 is 2.17 bits per heavy atom. The fraction of sp³-hybridized carbons (Fsp3) is 0.333. The number of rotatable bonds is 5. The van der Waals surface area contributed by atoms with Gasteiger partial charge in [-0.2, -0.15) is 0 Å². The van der Waals surface area contributed by atoms with Gasteiger partial charge in [-0.15, -0.1) is 11.3 Å². The number of halogens is 1. The van der Waals surface area contributed by atoms with Crippen LogP contribution in [0.4, 0.5) is 4.39 Å². The molecule has 1 aromatic carbocycles. The summed E-state index contributed by atoms with van der Waals surface area (Å²) in [6.07, 6.45) is 1.09. The van der Waals surface area contributed by atoms with Crippen LogP contribution in [0.3, 0.4) is 0 Å². The quantitative estimate of drug-likeness (QED) is 0.848. The third kappa shape index (κ3) is 2.98. The lowest BCUT2D eigenvalue weighted by molar-refractivity contribution is 0.596. The second-order valence-corrected chi connectivity index (χ2v) is 5.38. The molecule has 0 saturated heterocycles. The van der Waals surface area contributed by atoms with Gasteiger partial charge in [-0.25, -0.2) is 4.39 Å². The molecule has 0 amide bonds. The van der Waals surface area contributed by atoms with Crippen LogP contribution in [0.25, 0.3) is 0 Å². The molecule has 0 radical (unpaired) electrons. The lowest BCUT2D eigenvalue weighted by Crippen LogP contribution is -2.23. The summed E-state index contributed by atoms with van der Waals surface area (Å²) >= 11 is 1.73. The summed E-state index contributed by atoms with van der Waals surface area (Å²) in [5.41, 5.74) is 2.16. The summed E-state index contributed by atoms with van der Waals surface area (Å²) in [6, 6.07) is 9.38. The Labute approximate surface area is 112 Å². The summed E-state index contributed by atoms with van der Waals surface area (Å²) in [5, 5.41) is 5.61. The van der Waals surface area contributed by atoms with Crippen molar-refractivity contribution in [3.8, 4) is 0 Å². The van der Waals surface area contributed by atoms with E-state index >= 15 is 0 Å². The average molecular weight is 263 g/mol. The van der Waals surface area contributed by atoms with Gasteiger partial charge in [-0.1, -0.05) is 19.1 Å². The number of hydrogen-bond donors (Lipinski definition) is 1. The van der Waals surface area contributed by atoms with Gasteiger partial charge in [0.15, 0.2) is 0 Å². The van der Waals surface area contributed by atoms with E-state index < -0.39 is 0 Å². The minimum absolute atomic E-state index is 0.170. The van der Waals surface area contributed by atoms with Gasteiger partial charge < -0.3 is 5.32 Å². The maximum atomic E-state index is 13.2. The van der Waals surface area contributed by atoms with Crippen molar-refractivity contribution in [1.29, 1.82) is 0 Å². The monoisotopic (exact) mass is 263 g/mol. The van der Waals surface area contributed by atoms with E-state index in [-0.39, 0.29) is 11.9 Å². The molecule has 0 saturated carbocycles. The summed E-state index contributed by atoms with van der Waals surface area (Å²) in [6.45, 7) is 5.07. The van der Waals surface area contributed by atoms with Gasteiger partial charge in [0.1, 0.15) is 5.82 Å². The molecule has 0 spiro atoms. The second kappa shape index (κ2) is 6.12. The highest BCUT2D eigenvalue weighted by molar-refractivity contribution is 7.10. The highest BCUT2D eigenvalue weighted by atomic mass is 32.1. The molecular weight excluding hydrogens is 245 g/mol. The first-order chi connectivity index (χ1) is 8.72. The van der Waals surface area contributed by atoms with Crippen molar-refractivity contribution >= 4 is 11.3 Å². The van der Waals surface area contributed by atoms with Crippen molar-refractivity contribution in [3.05, 3.63) is 57.5 Å². The molecule has 1 nitrogen and oxygen atoms in total. The molecule has 18 heavy (non-hydrogen) atoms. The van der Waals surface area contributed by atoms with E-state index in [9.17, 15) is 4.39 Å². The van der Waals surface area contributed by atoms with Crippen LogP contribution < -0.4 is 5.32 Å². The standard InChI is InChI=1S/C15H18FNS/c1-3-8-17-15(14-5-4-9-18-14)13-7-6-12(16)10-11(13)2/h4-7,9-10,15,17H,3,8H2,1-2H3. The van der Waals surface area contributed by atoms with Crippen molar-refractivity contribution in [2.45, 2.75) is 26.3 Å². The Bertz CT molecular complexity index is 493. The molecule has 0 aliphatic heterocycles. The van der Waals surface area contributed by atoms with Crippen molar-refractivity contribution in [2.24, 2.45) is 0 Å². The Kier molecular flexibility index (Phi) is 4.50. The Hall–Kier alpha value is -1.19. The van der Waals surface area contributed by atoms with Crippen molar-refractivity contribution in [1.82, 2.24) is 5.32 Å². The topological polar surface area (TPSA) is 12.0 Å². The zero-order valence-electron chi connectivity index (χ0n) is 10.7. The van der Waals surface area contributed by atoms with Crippen LogP contribution in [0.15, 0.2) is 35.7 Å². The van der Waals surface area contributed by atoms with Gasteiger partial charge in [0.25, 0.3) is 0 Å². The molecular formula is C15H18FNS. The Morgan fingerprint density at radius 1 is 1.33 bits per heavy atom. The minimum atomic E-state index is -0.170. The molecule has 1 unspecified atom stereocenters. The Morgan fingerprint density at radius 3 is 2.78 bits per heavy atom. The summed E-state index contributed by atoms with van der Waals surface area (Å²) in [5.74, 6) is -0.170. The first-order valence-electron chi connectivity index (χ1n) is 6.25. The lowest BCUT2D eigenvalue weighted by Gasteiger charge is -2.19. The van der Waals surface area contributed by atoms with E-state index in [1.807, 2.05) is 13.0 Å². The minimum Gasteiger partial charge on any atom is -0.306 e. The van der Waals surface area contributed by atoms with Crippen LogP contribution >= 0.6 is 11.3 Å². The molecule has 1 atom stereocenters. The number of aryl methyl sites for hydroxylation is 1. The van der Waals surface area contributed by atoms with Gasteiger partial charge in [0.05, 0.1) is 6.04 Å². The van der Waals surface area contributed by atoms with Crippen LogP contribution in [0.2, 0.25) is 0 Å². The van der Waals surface area contributed by atoms with E-state index in [2.05, 4.69) is 29.8 Å². The largest absolute Gasteiger partial charge is 0.306 e. The van der Waals surface area contributed by atoms with Gasteiger partial charge in [0, 0.05) is 4.88 Å². The van der Waals surface area contributed by atoms with Crippen LogP contribution in [0.5, 0.6) is 0 Å². The van der Waals surface area contributed by atoms with E-state index in [0.29, 0.717) is 0 Å².